The van der Waals surface area contributed by atoms with Crippen LogP contribution in [0, 0.1) is 6.92 Å². The molecular weight excluding hydrogens is 214 g/mol. The molecule has 0 fully saturated rings. The average Bonchev–Trinajstić information content (AvgIpc) is 2.68. The Kier molecular flexibility index (Phi) is 3.04. The summed E-state index contributed by atoms with van der Waals surface area (Å²) in [5, 5.41) is 4.39. The Labute approximate surface area is 101 Å². The van der Waals surface area contributed by atoms with Crippen LogP contribution in [0.25, 0.3) is 0 Å². The van der Waals surface area contributed by atoms with Crippen LogP contribution in [0.3, 0.4) is 0 Å². The summed E-state index contributed by atoms with van der Waals surface area (Å²) in [5.74, 6) is 1.54. The maximum Gasteiger partial charge on any atom is 0.122 e. The lowest BCUT2D eigenvalue weighted by Crippen LogP contribution is -2.11. The summed E-state index contributed by atoms with van der Waals surface area (Å²) >= 11 is 0. The van der Waals surface area contributed by atoms with E-state index >= 15 is 0 Å². The van der Waals surface area contributed by atoms with Crippen LogP contribution in [0.2, 0.25) is 0 Å². The van der Waals surface area contributed by atoms with Gasteiger partial charge in [0.25, 0.3) is 0 Å². The van der Waals surface area contributed by atoms with Gasteiger partial charge in [-0.1, -0.05) is 12.1 Å². The molecule has 2 rings (SSSR count). The van der Waals surface area contributed by atoms with Crippen LogP contribution < -0.4 is 10.5 Å². The minimum Gasteiger partial charge on any atom is -0.497 e. The van der Waals surface area contributed by atoms with E-state index in [0.29, 0.717) is 5.82 Å². The number of nitrogens with two attached hydrogens (primary N) is 1. The highest BCUT2D eigenvalue weighted by Gasteiger charge is 2.12. The number of hydrogen-bond acceptors (Lipinski definition) is 3. The van der Waals surface area contributed by atoms with Gasteiger partial charge in [-0.05, 0) is 31.5 Å². The van der Waals surface area contributed by atoms with Crippen LogP contribution in [0.15, 0.2) is 30.3 Å². The Morgan fingerprint density at radius 3 is 2.41 bits per heavy atom. The van der Waals surface area contributed by atoms with Gasteiger partial charge in [-0.25, -0.2) is 4.68 Å². The van der Waals surface area contributed by atoms with E-state index in [-0.39, 0.29) is 6.04 Å². The first-order valence-electron chi connectivity index (χ1n) is 5.57. The molecule has 0 saturated carbocycles. The largest absolute Gasteiger partial charge is 0.497 e. The molecule has 90 valence electrons. The molecule has 1 aromatic carbocycles. The molecule has 0 aliphatic rings. The van der Waals surface area contributed by atoms with Gasteiger partial charge in [-0.2, -0.15) is 5.10 Å². The highest BCUT2D eigenvalue weighted by molar-refractivity contribution is 5.35. The number of aryl methyl sites for hydroxylation is 1. The minimum atomic E-state index is 0.120. The number of methoxy groups -OCH3 is 1. The number of hydrogen-bond donors (Lipinski definition) is 1. The van der Waals surface area contributed by atoms with Gasteiger partial charge < -0.3 is 10.5 Å². The summed E-state index contributed by atoms with van der Waals surface area (Å²) in [6.07, 6.45) is 0. The van der Waals surface area contributed by atoms with E-state index in [0.717, 1.165) is 17.0 Å². The third-order valence-corrected chi connectivity index (χ3v) is 2.85. The lowest BCUT2D eigenvalue weighted by molar-refractivity contribution is 0.414. The number of ether oxygens (including phenoxy) is 1. The van der Waals surface area contributed by atoms with Gasteiger partial charge in [0.2, 0.25) is 0 Å². The number of anilines is 1. The predicted molar refractivity (Wildman–Crippen MR) is 68.2 cm³/mol. The molecule has 17 heavy (non-hydrogen) atoms. The van der Waals surface area contributed by atoms with Crippen LogP contribution >= 0.6 is 0 Å². The molecule has 0 radical (unpaired) electrons. The third-order valence-electron chi connectivity index (χ3n) is 2.85. The van der Waals surface area contributed by atoms with Crippen molar-refractivity contribution in [3.8, 4) is 5.75 Å². The topological polar surface area (TPSA) is 53.1 Å². The molecular formula is C13H17N3O. The zero-order valence-corrected chi connectivity index (χ0v) is 10.3. The van der Waals surface area contributed by atoms with E-state index in [9.17, 15) is 0 Å². The summed E-state index contributed by atoms with van der Waals surface area (Å²) in [5.41, 5.74) is 8.00. The highest BCUT2D eigenvalue weighted by Crippen LogP contribution is 2.23. The molecule has 2 aromatic rings. The molecule has 1 heterocycles. The first kappa shape index (κ1) is 11.5. The Balaban J connectivity index is 2.30. The first-order chi connectivity index (χ1) is 8.11. The average molecular weight is 231 g/mol. The van der Waals surface area contributed by atoms with Crippen molar-refractivity contribution in [3.05, 3.63) is 41.6 Å². The van der Waals surface area contributed by atoms with Crippen molar-refractivity contribution in [2.75, 3.05) is 12.8 Å². The van der Waals surface area contributed by atoms with Gasteiger partial charge in [0.15, 0.2) is 0 Å². The monoisotopic (exact) mass is 231 g/mol. The fourth-order valence-corrected chi connectivity index (χ4v) is 1.87. The third kappa shape index (κ3) is 2.25. The van der Waals surface area contributed by atoms with Crippen LogP contribution in [-0.4, -0.2) is 16.9 Å². The van der Waals surface area contributed by atoms with Gasteiger partial charge in [0, 0.05) is 6.07 Å². The first-order valence-corrected chi connectivity index (χ1v) is 5.57. The van der Waals surface area contributed by atoms with Gasteiger partial charge in [0.1, 0.15) is 11.6 Å². The van der Waals surface area contributed by atoms with Crippen molar-refractivity contribution in [1.82, 2.24) is 9.78 Å². The molecule has 2 N–H and O–H groups in total. The molecule has 0 amide bonds. The Morgan fingerprint density at radius 1 is 1.29 bits per heavy atom. The van der Waals surface area contributed by atoms with Crippen molar-refractivity contribution in [2.24, 2.45) is 0 Å². The van der Waals surface area contributed by atoms with E-state index in [1.54, 1.807) is 7.11 Å². The number of rotatable bonds is 3. The molecule has 0 spiro atoms. The highest BCUT2D eigenvalue weighted by atomic mass is 16.5. The van der Waals surface area contributed by atoms with Crippen molar-refractivity contribution in [3.63, 3.8) is 0 Å². The van der Waals surface area contributed by atoms with Crippen LogP contribution in [0.5, 0.6) is 5.75 Å². The molecule has 0 bridgehead atoms. The van der Waals surface area contributed by atoms with Crippen molar-refractivity contribution in [1.29, 1.82) is 0 Å². The van der Waals surface area contributed by atoms with E-state index in [1.807, 2.05) is 41.9 Å². The van der Waals surface area contributed by atoms with E-state index < -0.39 is 0 Å². The second-order valence-corrected chi connectivity index (χ2v) is 4.10. The van der Waals surface area contributed by atoms with E-state index in [2.05, 4.69) is 12.0 Å². The second kappa shape index (κ2) is 4.49. The maximum atomic E-state index is 5.91. The lowest BCUT2D eigenvalue weighted by Gasteiger charge is -2.14. The lowest BCUT2D eigenvalue weighted by atomic mass is 10.1. The Hall–Kier alpha value is -1.97. The fourth-order valence-electron chi connectivity index (χ4n) is 1.87. The molecule has 0 aliphatic carbocycles. The molecule has 4 nitrogen and oxygen atoms in total. The summed E-state index contributed by atoms with van der Waals surface area (Å²) in [7, 11) is 1.66. The van der Waals surface area contributed by atoms with Gasteiger partial charge in [-0.15, -0.1) is 0 Å². The molecule has 0 unspecified atom stereocenters. The molecule has 1 atom stereocenters. The predicted octanol–water partition coefficient (Wildman–Crippen LogP) is 2.39. The summed E-state index contributed by atoms with van der Waals surface area (Å²) in [6.45, 7) is 4.01. The van der Waals surface area contributed by atoms with Gasteiger partial charge in [0.05, 0.1) is 18.8 Å². The standard InChI is InChI=1S/C13H17N3O/c1-9-8-13(14)16(15-9)10(2)11-4-6-12(17-3)7-5-11/h4-8,10H,14H2,1-3H3/t10-/m1/s1. The van der Waals surface area contributed by atoms with Crippen molar-refractivity contribution >= 4 is 5.82 Å². The summed E-state index contributed by atoms with van der Waals surface area (Å²) < 4.78 is 6.97. The fraction of sp³-hybridized carbons (Fsp3) is 0.308. The SMILES string of the molecule is COc1ccc([C@@H](C)n2nc(C)cc2N)cc1. The molecule has 0 aliphatic heterocycles. The summed E-state index contributed by atoms with van der Waals surface area (Å²) in [6, 6.07) is 9.94. The van der Waals surface area contributed by atoms with Crippen molar-refractivity contribution < 1.29 is 4.74 Å². The molecule has 4 heteroatoms. The number of benzene rings is 1. The van der Waals surface area contributed by atoms with Gasteiger partial charge in [-0.3, -0.25) is 0 Å². The molecule has 1 aromatic heterocycles. The van der Waals surface area contributed by atoms with Gasteiger partial charge >= 0.3 is 0 Å². The maximum absolute atomic E-state index is 5.91. The Bertz CT molecular complexity index is 502. The van der Waals surface area contributed by atoms with Crippen LogP contribution in [0.1, 0.15) is 24.2 Å². The minimum absolute atomic E-state index is 0.120. The number of nitrogen functional groups attached to an aromatic ring is 1. The summed E-state index contributed by atoms with van der Waals surface area (Å²) in [4.78, 5) is 0. The zero-order chi connectivity index (χ0) is 12.4. The van der Waals surface area contributed by atoms with E-state index in [4.69, 9.17) is 10.5 Å². The smallest absolute Gasteiger partial charge is 0.122 e. The Morgan fingerprint density at radius 2 is 1.94 bits per heavy atom. The normalized spacial score (nSPS) is 12.4. The van der Waals surface area contributed by atoms with Crippen LogP contribution in [0.4, 0.5) is 5.82 Å². The quantitative estimate of drug-likeness (QED) is 0.882. The number of nitrogens with zero attached hydrogens (tertiary/aromatic N) is 2. The van der Waals surface area contributed by atoms with Crippen LogP contribution in [-0.2, 0) is 0 Å². The number of aromatic nitrogens is 2. The molecule has 0 saturated heterocycles. The zero-order valence-electron chi connectivity index (χ0n) is 10.3. The van der Waals surface area contributed by atoms with E-state index in [1.165, 1.54) is 0 Å². The van der Waals surface area contributed by atoms with Crippen molar-refractivity contribution in [2.45, 2.75) is 19.9 Å². The second-order valence-electron chi connectivity index (χ2n) is 4.10.